The summed E-state index contributed by atoms with van der Waals surface area (Å²) in [4.78, 5) is 21.2. The van der Waals surface area contributed by atoms with Gasteiger partial charge in [-0.3, -0.25) is 4.79 Å². The first kappa shape index (κ1) is 17.1. The molecule has 1 atom stereocenters. The first-order chi connectivity index (χ1) is 10.3. The maximum absolute atomic E-state index is 12.5. The zero-order chi connectivity index (χ0) is 16.3. The van der Waals surface area contributed by atoms with Crippen LogP contribution in [0, 0.1) is 5.41 Å². The Kier molecular flexibility index (Phi) is 5.39. The Hall–Kier alpha value is -1.21. The molecular weight excluding hydrogens is 298 g/mol. The largest absolute Gasteiger partial charge is 0.345 e. The van der Waals surface area contributed by atoms with Gasteiger partial charge in [-0.25, -0.2) is 4.98 Å². The molecule has 0 aromatic carbocycles. The number of hydrogen-bond donors (Lipinski definition) is 1. The summed E-state index contributed by atoms with van der Waals surface area (Å²) in [6.45, 7) is 11.2. The normalized spacial score (nSPS) is 18.2. The number of hydrogen-bond acceptors (Lipinski definition) is 6. The topological polar surface area (TPSA) is 75.4 Å². The minimum atomic E-state index is -0.452. The highest BCUT2D eigenvalue weighted by Gasteiger charge is 2.32. The zero-order valence-electron chi connectivity index (χ0n) is 14.0. The van der Waals surface area contributed by atoms with Crippen LogP contribution in [-0.2, 0) is 11.2 Å². The van der Waals surface area contributed by atoms with Gasteiger partial charge in [0.2, 0.25) is 11.0 Å². The minimum absolute atomic E-state index is 0.0564. The van der Waals surface area contributed by atoms with Crippen LogP contribution in [0.5, 0.6) is 0 Å². The molecule has 0 spiro atoms. The third-order valence-corrected chi connectivity index (χ3v) is 4.87. The van der Waals surface area contributed by atoms with Crippen LogP contribution < -0.4 is 10.6 Å². The van der Waals surface area contributed by atoms with Crippen molar-refractivity contribution in [2.45, 2.75) is 46.6 Å². The van der Waals surface area contributed by atoms with E-state index < -0.39 is 6.04 Å². The van der Waals surface area contributed by atoms with Crippen LogP contribution in [0.3, 0.4) is 0 Å². The Morgan fingerprint density at radius 3 is 2.64 bits per heavy atom. The summed E-state index contributed by atoms with van der Waals surface area (Å²) in [7, 11) is 0. The maximum Gasteiger partial charge on any atom is 0.240 e. The molecule has 6 nitrogen and oxygen atoms in total. The van der Waals surface area contributed by atoms with Gasteiger partial charge < -0.3 is 15.5 Å². The third kappa shape index (κ3) is 3.95. The van der Waals surface area contributed by atoms with Crippen molar-refractivity contribution in [3.05, 3.63) is 5.82 Å². The average Bonchev–Trinajstić information content (AvgIpc) is 2.82. The van der Waals surface area contributed by atoms with E-state index in [0.29, 0.717) is 6.54 Å². The number of rotatable bonds is 3. The molecule has 7 heteroatoms. The smallest absolute Gasteiger partial charge is 0.240 e. The molecule has 1 fully saturated rings. The molecule has 0 radical (unpaired) electrons. The summed E-state index contributed by atoms with van der Waals surface area (Å²) < 4.78 is 4.34. The summed E-state index contributed by atoms with van der Waals surface area (Å²) in [5, 5.41) is 0.964. The maximum atomic E-state index is 12.5. The minimum Gasteiger partial charge on any atom is -0.345 e. The van der Waals surface area contributed by atoms with E-state index in [0.717, 1.165) is 43.4 Å². The van der Waals surface area contributed by atoms with Gasteiger partial charge in [-0.1, -0.05) is 27.7 Å². The van der Waals surface area contributed by atoms with Gasteiger partial charge in [-0.2, -0.15) is 4.37 Å². The number of carbonyl (C=O) groups excluding carboxylic acids is 1. The lowest BCUT2D eigenvalue weighted by atomic mass is 9.86. The molecule has 1 aromatic heterocycles. The molecule has 0 saturated carbocycles. The zero-order valence-corrected chi connectivity index (χ0v) is 14.8. The fourth-order valence-electron chi connectivity index (χ4n) is 2.41. The number of amides is 1. The predicted octanol–water partition coefficient (Wildman–Crippen LogP) is 1.51. The molecule has 0 aliphatic carbocycles. The van der Waals surface area contributed by atoms with Gasteiger partial charge in [0, 0.05) is 44.1 Å². The van der Waals surface area contributed by atoms with Crippen LogP contribution in [0.25, 0.3) is 0 Å². The lowest BCUT2D eigenvalue weighted by Crippen LogP contribution is -2.51. The molecule has 124 valence electrons. The van der Waals surface area contributed by atoms with Crippen molar-refractivity contribution < 1.29 is 4.79 Å². The van der Waals surface area contributed by atoms with Gasteiger partial charge in [0.1, 0.15) is 5.82 Å². The molecule has 1 aliphatic heterocycles. The predicted molar refractivity (Wildman–Crippen MR) is 90.1 cm³/mol. The van der Waals surface area contributed by atoms with E-state index >= 15 is 0 Å². The van der Waals surface area contributed by atoms with Crippen molar-refractivity contribution in [2.75, 3.05) is 31.1 Å². The van der Waals surface area contributed by atoms with Gasteiger partial charge in [0.15, 0.2) is 0 Å². The van der Waals surface area contributed by atoms with Crippen molar-refractivity contribution in [2.24, 2.45) is 11.1 Å². The highest BCUT2D eigenvalue weighted by atomic mass is 32.1. The fraction of sp³-hybridized carbons (Fsp3) is 0.800. The van der Waals surface area contributed by atoms with Crippen molar-refractivity contribution in [1.82, 2.24) is 14.3 Å². The van der Waals surface area contributed by atoms with Gasteiger partial charge in [0.25, 0.3) is 0 Å². The number of nitrogens with zero attached hydrogens (tertiary/aromatic N) is 4. The Balaban J connectivity index is 1.99. The summed E-state index contributed by atoms with van der Waals surface area (Å²) in [5.41, 5.74) is 5.91. The van der Waals surface area contributed by atoms with E-state index in [2.05, 4.69) is 21.2 Å². The van der Waals surface area contributed by atoms with Crippen LogP contribution in [-0.4, -0.2) is 52.4 Å². The van der Waals surface area contributed by atoms with Crippen LogP contribution in [0.1, 0.15) is 39.9 Å². The molecule has 1 aromatic rings. The standard InChI is InChI=1S/C15H27N5OS/c1-5-11-17-14(22-18-11)20-8-6-7-19(9-10-20)13(21)12(16)15(2,3)4/h12H,5-10,16H2,1-4H3/t12-/m1/s1. The van der Waals surface area contributed by atoms with E-state index in [1.807, 2.05) is 25.7 Å². The van der Waals surface area contributed by atoms with Crippen LogP contribution in [0.4, 0.5) is 5.13 Å². The van der Waals surface area contributed by atoms with E-state index in [-0.39, 0.29) is 11.3 Å². The van der Waals surface area contributed by atoms with Gasteiger partial charge in [-0.05, 0) is 11.8 Å². The number of aryl methyl sites for hydroxylation is 1. The quantitative estimate of drug-likeness (QED) is 0.912. The molecule has 2 N–H and O–H groups in total. The van der Waals surface area contributed by atoms with Crippen LogP contribution >= 0.6 is 11.5 Å². The van der Waals surface area contributed by atoms with Gasteiger partial charge in [-0.15, -0.1) is 0 Å². The second-order valence-corrected chi connectivity index (χ2v) is 7.59. The molecule has 1 amide bonds. The second-order valence-electron chi connectivity index (χ2n) is 6.86. The lowest BCUT2D eigenvalue weighted by molar-refractivity contribution is -0.134. The first-order valence-corrected chi connectivity index (χ1v) is 8.72. The molecule has 22 heavy (non-hydrogen) atoms. The number of anilines is 1. The second kappa shape index (κ2) is 6.91. The first-order valence-electron chi connectivity index (χ1n) is 7.95. The van der Waals surface area contributed by atoms with E-state index in [1.165, 1.54) is 11.5 Å². The van der Waals surface area contributed by atoms with Gasteiger partial charge in [0.05, 0.1) is 6.04 Å². The monoisotopic (exact) mass is 325 g/mol. The Bertz CT molecular complexity index is 510. The summed E-state index contributed by atoms with van der Waals surface area (Å²) in [6.07, 6.45) is 1.79. The Morgan fingerprint density at radius 2 is 2.05 bits per heavy atom. The fourth-order valence-corrected chi connectivity index (χ4v) is 3.21. The SMILES string of the molecule is CCc1nsc(N2CCCN(C(=O)[C@@H](N)C(C)(C)C)CC2)n1. The van der Waals surface area contributed by atoms with Crippen molar-refractivity contribution in [3.8, 4) is 0 Å². The lowest BCUT2D eigenvalue weighted by Gasteiger charge is -2.31. The Morgan fingerprint density at radius 1 is 1.32 bits per heavy atom. The van der Waals surface area contributed by atoms with Gasteiger partial charge >= 0.3 is 0 Å². The van der Waals surface area contributed by atoms with Crippen molar-refractivity contribution in [1.29, 1.82) is 0 Å². The number of aromatic nitrogens is 2. The van der Waals surface area contributed by atoms with Crippen LogP contribution in [0.2, 0.25) is 0 Å². The van der Waals surface area contributed by atoms with E-state index in [9.17, 15) is 4.79 Å². The van der Waals surface area contributed by atoms with Crippen molar-refractivity contribution in [3.63, 3.8) is 0 Å². The average molecular weight is 325 g/mol. The summed E-state index contributed by atoms with van der Waals surface area (Å²) in [5.74, 6) is 0.952. The third-order valence-electron chi connectivity index (χ3n) is 4.05. The highest BCUT2D eigenvalue weighted by molar-refractivity contribution is 7.09. The molecule has 2 heterocycles. The highest BCUT2D eigenvalue weighted by Crippen LogP contribution is 2.22. The number of nitrogens with two attached hydrogens (primary N) is 1. The molecule has 1 aliphatic rings. The van der Waals surface area contributed by atoms with E-state index in [4.69, 9.17) is 5.73 Å². The Labute approximate surface area is 136 Å². The molecule has 0 unspecified atom stereocenters. The summed E-state index contributed by atoms with van der Waals surface area (Å²) in [6, 6.07) is -0.452. The van der Waals surface area contributed by atoms with Crippen molar-refractivity contribution >= 4 is 22.6 Å². The molecule has 1 saturated heterocycles. The molecule has 0 bridgehead atoms. The molecular formula is C15H27N5OS. The van der Waals surface area contributed by atoms with E-state index in [1.54, 1.807) is 0 Å². The van der Waals surface area contributed by atoms with Crippen LogP contribution in [0.15, 0.2) is 0 Å². The molecule has 2 rings (SSSR count). The number of carbonyl (C=O) groups is 1. The summed E-state index contributed by atoms with van der Waals surface area (Å²) >= 11 is 1.45.